The molecule has 3 rings (SSSR count). The standard InChI is InChI=1S/C20H25FN2O/c1-12(2)9-16-18(20(16,3)4)19(24)22-8-7-13-11-23-17-10-14(21)5-6-15(13)17/h5-6,9-11,16,18,23H,7-8H2,1-4H3,(H,22,24)/t16-,18-/m0/s1. The van der Waals surface area contributed by atoms with Crippen molar-refractivity contribution < 1.29 is 9.18 Å². The molecule has 1 fully saturated rings. The Morgan fingerprint density at radius 3 is 2.83 bits per heavy atom. The van der Waals surface area contributed by atoms with Crippen LogP contribution in [0.4, 0.5) is 4.39 Å². The summed E-state index contributed by atoms with van der Waals surface area (Å²) in [6.07, 6.45) is 4.83. The Morgan fingerprint density at radius 2 is 2.12 bits per heavy atom. The number of hydrogen-bond donors (Lipinski definition) is 2. The Morgan fingerprint density at radius 1 is 1.38 bits per heavy atom. The third-order valence-electron chi connectivity index (χ3n) is 5.13. The van der Waals surface area contributed by atoms with E-state index in [-0.39, 0.29) is 23.1 Å². The fourth-order valence-electron chi connectivity index (χ4n) is 3.64. The summed E-state index contributed by atoms with van der Waals surface area (Å²) in [6, 6.07) is 4.75. The molecule has 0 saturated heterocycles. The van der Waals surface area contributed by atoms with Gasteiger partial charge >= 0.3 is 0 Å². The van der Waals surface area contributed by atoms with E-state index in [9.17, 15) is 9.18 Å². The molecule has 0 unspecified atom stereocenters. The number of halogens is 1. The Labute approximate surface area is 142 Å². The zero-order valence-electron chi connectivity index (χ0n) is 14.7. The van der Waals surface area contributed by atoms with Gasteiger partial charge in [-0.15, -0.1) is 0 Å². The maximum absolute atomic E-state index is 13.2. The predicted octanol–water partition coefficient (Wildman–Crippen LogP) is 4.20. The molecule has 3 nitrogen and oxygen atoms in total. The quantitative estimate of drug-likeness (QED) is 0.794. The third-order valence-corrected chi connectivity index (χ3v) is 5.13. The number of allylic oxidation sites excluding steroid dienone is 2. The number of nitrogens with one attached hydrogen (secondary N) is 2. The molecule has 24 heavy (non-hydrogen) atoms. The molecule has 1 amide bonds. The summed E-state index contributed by atoms with van der Waals surface area (Å²) >= 11 is 0. The number of rotatable bonds is 5. The number of benzene rings is 1. The average Bonchev–Trinajstić information content (AvgIpc) is 2.84. The van der Waals surface area contributed by atoms with Gasteiger partial charge in [-0.1, -0.05) is 25.5 Å². The molecule has 2 N–H and O–H groups in total. The molecular formula is C20H25FN2O. The summed E-state index contributed by atoms with van der Waals surface area (Å²) in [7, 11) is 0. The van der Waals surface area contributed by atoms with Crippen LogP contribution in [0.2, 0.25) is 0 Å². The molecule has 1 aromatic heterocycles. The Kier molecular flexibility index (Phi) is 4.24. The highest BCUT2D eigenvalue weighted by Gasteiger charge is 2.60. The van der Waals surface area contributed by atoms with Crippen molar-refractivity contribution in [2.75, 3.05) is 6.54 Å². The van der Waals surface area contributed by atoms with Crippen LogP contribution in [-0.2, 0) is 11.2 Å². The van der Waals surface area contributed by atoms with Crippen molar-refractivity contribution in [2.45, 2.75) is 34.1 Å². The van der Waals surface area contributed by atoms with Crippen LogP contribution in [0.1, 0.15) is 33.3 Å². The van der Waals surface area contributed by atoms with E-state index >= 15 is 0 Å². The highest BCUT2D eigenvalue weighted by molar-refractivity contribution is 5.84. The third kappa shape index (κ3) is 3.10. The largest absolute Gasteiger partial charge is 0.361 e. The van der Waals surface area contributed by atoms with Crippen molar-refractivity contribution >= 4 is 16.8 Å². The minimum Gasteiger partial charge on any atom is -0.361 e. The van der Waals surface area contributed by atoms with E-state index in [2.05, 4.69) is 44.1 Å². The van der Waals surface area contributed by atoms with Crippen molar-refractivity contribution in [3.63, 3.8) is 0 Å². The molecule has 1 aliphatic carbocycles. The Hall–Kier alpha value is -2.10. The molecule has 128 valence electrons. The first-order chi connectivity index (χ1) is 11.3. The second-order valence-electron chi connectivity index (χ2n) is 7.61. The molecule has 0 spiro atoms. The molecule has 1 heterocycles. The lowest BCUT2D eigenvalue weighted by atomic mass is 10.1. The Bertz CT molecular complexity index is 799. The van der Waals surface area contributed by atoms with Crippen LogP contribution >= 0.6 is 0 Å². The summed E-state index contributed by atoms with van der Waals surface area (Å²) in [5.41, 5.74) is 3.19. The Balaban J connectivity index is 1.58. The van der Waals surface area contributed by atoms with Crippen LogP contribution in [-0.4, -0.2) is 17.4 Å². The number of amides is 1. The molecule has 1 saturated carbocycles. The van der Waals surface area contributed by atoms with Crippen molar-refractivity contribution in [1.82, 2.24) is 10.3 Å². The molecule has 2 aromatic rings. The minimum atomic E-state index is -0.245. The van der Waals surface area contributed by atoms with E-state index in [1.165, 1.54) is 17.7 Å². The fourth-order valence-corrected chi connectivity index (χ4v) is 3.64. The number of fused-ring (bicyclic) bond motifs is 1. The number of aromatic nitrogens is 1. The number of carbonyl (C=O) groups is 1. The number of hydrogen-bond acceptors (Lipinski definition) is 1. The van der Waals surface area contributed by atoms with Gasteiger partial charge in [-0.25, -0.2) is 4.39 Å². The normalized spacial score (nSPS) is 21.5. The van der Waals surface area contributed by atoms with E-state index in [4.69, 9.17) is 0 Å². The van der Waals surface area contributed by atoms with Gasteiger partial charge in [-0.05, 0) is 55.4 Å². The minimum absolute atomic E-state index is 0.0413. The van der Waals surface area contributed by atoms with Crippen molar-refractivity contribution in [3.05, 3.63) is 47.4 Å². The van der Waals surface area contributed by atoms with E-state index in [1.54, 1.807) is 6.07 Å². The molecule has 1 aliphatic rings. The van der Waals surface area contributed by atoms with Gasteiger partial charge in [0.25, 0.3) is 0 Å². The lowest BCUT2D eigenvalue weighted by Gasteiger charge is -2.06. The van der Waals surface area contributed by atoms with Gasteiger partial charge in [0.15, 0.2) is 0 Å². The van der Waals surface area contributed by atoms with Crippen LogP contribution < -0.4 is 5.32 Å². The average molecular weight is 328 g/mol. The first kappa shape index (κ1) is 16.7. The van der Waals surface area contributed by atoms with Gasteiger partial charge in [0, 0.05) is 23.6 Å². The first-order valence-corrected chi connectivity index (χ1v) is 8.49. The zero-order chi connectivity index (χ0) is 17.5. The summed E-state index contributed by atoms with van der Waals surface area (Å²) in [4.78, 5) is 15.5. The van der Waals surface area contributed by atoms with Gasteiger partial charge in [-0.3, -0.25) is 4.79 Å². The van der Waals surface area contributed by atoms with E-state index < -0.39 is 0 Å². The van der Waals surface area contributed by atoms with Gasteiger partial charge in [0.1, 0.15) is 5.82 Å². The van der Waals surface area contributed by atoms with Crippen LogP contribution in [0.5, 0.6) is 0 Å². The topological polar surface area (TPSA) is 44.9 Å². The number of H-pyrrole nitrogens is 1. The predicted molar refractivity (Wildman–Crippen MR) is 95.2 cm³/mol. The summed E-state index contributed by atoms with van der Waals surface area (Å²) in [5, 5.41) is 4.08. The van der Waals surface area contributed by atoms with Crippen molar-refractivity contribution in [2.24, 2.45) is 17.3 Å². The van der Waals surface area contributed by atoms with Crippen LogP contribution in [0.25, 0.3) is 10.9 Å². The monoisotopic (exact) mass is 328 g/mol. The molecule has 0 radical (unpaired) electrons. The SMILES string of the molecule is CC(C)=C[C@H]1[C@@H](C(=O)NCCc2c[nH]c3cc(F)ccc23)C1(C)C. The van der Waals surface area contributed by atoms with Crippen molar-refractivity contribution in [3.8, 4) is 0 Å². The second-order valence-corrected chi connectivity index (χ2v) is 7.61. The summed E-state index contributed by atoms with van der Waals surface area (Å²) in [5.74, 6) is 0.280. The smallest absolute Gasteiger partial charge is 0.224 e. The maximum atomic E-state index is 13.2. The zero-order valence-corrected chi connectivity index (χ0v) is 14.7. The van der Waals surface area contributed by atoms with Gasteiger partial charge in [0.05, 0.1) is 5.92 Å². The molecule has 2 atom stereocenters. The van der Waals surface area contributed by atoms with Crippen LogP contribution in [0, 0.1) is 23.1 Å². The van der Waals surface area contributed by atoms with Crippen LogP contribution in [0.15, 0.2) is 36.0 Å². The number of carbonyl (C=O) groups excluding carboxylic acids is 1. The lowest BCUT2D eigenvalue weighted by molar-refractivity contribution is -0.123. The highest BCUT2D eigenvalue weighted by Crippen LogP contribution is 2.59. The highest BCUT2D eigenvalue weighted by atomic mass is 19.1. The summed E-state index contributed by atoms with van der Waals surface area (Å²) in [6.45, 7) is 9.04. The lowest BCUT2D eigenvalue weighted by Crippen LogP contribution is -2.28. The van der Waals surface area contributed by atoms with E-state index in [0.29, 0.717) is 12.5 Å². The fraction of sp³-hybridized carbons (Fsp3) is 0.450. The van der Waals surface area contributed by atoms with Gasteiger partial charge < -0.3 is 10.3 Å². The van der Waals surface area contributed by atoms with Gasteiger partial charge in [0.2, 0.25) is 5.91 Å². The number of aromatic amines is 1. The van der Waals surface area contributed by atoms with Crippen LogP contribution in [0.3, 0.4) is 0 Å². The second kappa shape index (κ2) is 6.08. The van der Waals surface area contributed by atoms with E-state index in [0.717, 1.165) is 22.9 Å². The van der Waals surface area contributed by atoms with E-state index in [1.807, 2.05) is 6.20 Å². The molecule has 4 heteroatoms. The molecule has 1 aromatic carbocycles. The molecular weight excluding hydrogens is 303 g/mol. The molecule has 0 aliphatic heterocycles. The molecule has 0 bridgehead atoms. The summed E-state index contributed by atoms with van der Waals surface area (Å²) < 4.78 is 13.2. The first-order valence-electron chi connectivity index (χ1n) is 8.49. The van der Waals surface area contributed by atoms with Crippen molar-refractivity contribution in [1.29, 1.82) is 0 Å². The maximum Gasteiger partial charge on any atom is 0.224 e. The van der Waals surface area contributed by atoms with Gasteiger partial charge in [-0.2, -0.15) is 0 Å².